The minimum atomic E-state index is -0.122. The Balaban J connectivity index is 0.00000242. The molecule has 126 valence electrons. The molecule has 0 unspecified atom stereocenters. The third-order valence-corrected chi connectivity index (χ3v) is 3.56. The molecule has 0 saturated carbocycles. The van der Waals surface area contributed by atoms with Crippen molar-refractivity contribution in [3.8, 4) is 0 Å². The predicted molar refractivity (Wildman–Crippen MR) is 78.0 cm³/mol. The number of aryl methyl sites for hydroxylation is 2. The summed E-state index contributed by atoms with van der Waals surface area (Å²) in [5, 5.41) is 0. The van der Waals surface area contributed by atoms with Gasteiger partial charge in [0, 0.05) is 37.1 Å². The van der Waals surface area contributed by atoms with E-state index in [-0.39, 0.29) is 45.9 Å². The molecule has 0 N–H and O–H groups in total. The highest BCUT2D eigenvalue weighted by Crippen LogP contribution is 2.11. The molecule has 0 spiro atoms. The first-order valence-electron chi connectivity index (χ1n) is 7.25. The van der Waals surface area contributed by atoms with E-state index in [0.717, 1.165) is 25.9 Å². The fourth-order valence-corrected chi connectivity index (χ4v) is 2.32. The highest BCUT2D eigenvalue weighted by atomic mass is 79.9. The van der Waals surface area contributed by atoms with E-state index in [2.05, 4.69) is 9.13 Å². The van der Waals surface area contributed by atoms with Crippen LogP contribution in [0.1, 0.15) is 12.8 Å². The van der Waals surface area contributed by atoms with Crippen LogP contribution in [0.25, 0.3) is 0 Å². The lowest BCUT2D eigenvalue weighted by Gasteiger charge is -2.11. The molecule has 23 heavy (non-hydrogen) atoms. The van der Waals surface area contributed by atoms with Gasteiger partial charge in [-0.2, -0.15) is 0 Å². The maximum atomic E-state index is 11.9. The zero-order valence-corrected chi connectivity index (χ0v) is 16.3. The lowest BCUT2D eigenvalue weighted by Crippen LogP contribution is -3.00. The van der Waals surface area contributed by atoms with Gasteiger partial charge in [-0.15, -0.1) is 0 Å². The van der Waals surface area contributed by atoms with Crippen LogP contribution in [0, 0.1) is 5.92 Å². The summed E-state index contributed by atoms with van der Waals surface area (Å²) < 4.78 is 9.11. The van der Waals surface area contributed by atoms with E-state index in [1.54, 1.807) is 0 Å². The Morgan fingerprint density at radius 1 is 0.826 bits per heavy atom. The zero-order valence-electron chi connectivity index (χ0n) is 13.1. The number of carbonyl (C=O) groups is 1. The largest absolute Gasteiger partial charge is 1.00 e. The van der Waals surface area contributed by atoms with E-state index < -0.39 is 0 Å². The molecule has 0 aromatic carbocycles. The zero-order chi connectivity index (χ0) is 14.9. The number of aromatic nitrogens is 2. The van der Waals surface area contributed by atoms with Crippen molar-refractivity contribution in [3.05, 3.63) is 61.2 Å². The highest BCUT2D eigenvalue weighted by molar-refractivity contribution is 5.72. The summed E-state index contributed by atoms with van der Waals surface area (Å²) in [7, 11) is 1.46. The number of pyridine rings is 2. The lowest BCUT2D eigenvalue weighted by molar-refractivity contribution is -0.702. The maximum absolute atomic E-state index is 11.9. The molecule has 0 radical (unpaired) electrons. The summed E-state index contributed by atoms with van der Waals surface area (Å²) in [5.41, 5.74) is 0. The smallest absolute Gasteiger partial charge is 0.309 e. The van der Waals surface area contributed by atoms with Gasteiger partial charge in [0.25, 0.3) is 0 Å². The second-order valence-corrected chi connectivity index (χ2v) is 5.02. The molecule has 6 heteroatoms. The van der Waals surface area contributed by atoms with Gasteiger partial charge in [0.1, 0.15) is 13.1 Å². The van der Waals surface area contributed by atoms with E-state index >= 15 is 0 Å². The number of hydrogen-bond acceptors (Lipinski definition) is 2. The monoisotopic (exact) mass is 444 g/mol. The van der Waals surface area contributed by atoms with Gasteiger partial charge < -0.3 is 38.7 Å². The van der Waals surface area contributed by atoms with Crippen LogP contribution in [-0.2, 0) is 22.6 Å². The van der Waals surface area contributed by atoms with Crippen LogP contribution in [0.4, 0.5) is 0 Å². The third kappa shape index (κ3) is 7.70. The number of nitrogens with zero attached hydrogens (tertiary/aromatic N) is 2. The van der Waals surface area contributed by atoms with Crippen molar-refractivity contribution in [2.75, 3.05) is 7.11 Å². The van der Waals surface area contributed by atoms with Gasteiger partial charge in [-0.3, -0.25) is 4.79 Å². The number of rotatable bonds is 7. The topological polar surface area (TPSA) is 34.1 Å². The summed E-state index contributed by atoms with van der Waals surface area (Å²) in [5.74, 6) is -0.196. The van der Waals surface area contributed by atoms with Crippen LogP contribution in [-0.4, -0.2) is 13.1 Å². The minimum absolute atomic E-state index is 0. The second-order valence-electron chi connectivity index (χ2n) is 5.02. The van der Waals surface area contributed by atoms with Crippen LogP contribution in [0.15, 0.2) is 61.2 Å². The Bertz CT molecular complexity index is 510. The molecule has 0 aliphatic heterocycles. The molecule has 0 fully saturated rings. The molecular formula is C17H22Br2N2O2. The molecule has 0 atom stereocenters. The Morgan fingerprint density at radius 3 is 1.57 bits per heavy atom. The van der Waals surface area contributed by atoms with Crippen LogP contribution >= 0.6 is 0 Å². The molecule has 0 aliphatic rings. The minimum Gasteiger partial charge on any atom is -1.00 e. The first kappa shape index (κ1) is 21.7. The number of ether oxygens (including phenoxy) is 1. The SMILES string of the molecule is COC(=O)C(CC[n+]1ccccc1)CC[n+]1ccccc1.[Br-].[Br-]. The molecule has 2 aromatic rings. The van der Waals surface area contributed by atoms with Gasteiger partial charge in [0.2, 0.25) is 0 Å². The van der Waals surface area contributed by atoms with Gasteiger partial charge in [-0.25, -0.2) is 9.13 Å². The Morgan fingerprint density at radius 2 is 1.22 bits per heavy atom. The summed E-state index contributed by atoms with van der Waals surface area (Å²) >= 11 is 0. The van der Waals surface area contributed by atoms with Crippen molar-refractivity contribution in [3.63, 3.8) is 0 Å². The number of esters is 1. The average Bonchev–Trinajstić information content (AvgIpc) is 2.56. The quantitative estimate of drug-likeness (QED) is 0.318. The Kier molecular flexibility index (Phi) is 11.5. The van der Waals surface area contributed by atoms with Crippen molar-refractivity contribution in [2.45, 2.75) is 25.9 Å². The molecule has 0 aliphatic carbocycles. The third-order valence-electron chi connectivity index (χ3n) is 3.56. The molecular weight excluding hydrogens is 424 g/mol. The van der Waals surface area contributed by atoms with E-state index in [1.165, 1.54) is 7.11 Å². The average molecular weight is 446 g/mol. The van der Waals surface area contributed by atoms with E-state index in [4.69, 9.17) is 4.74 Å². The van der Waals surface area contributed by atoms with Crippen LogP contribution in [0.5, 0.6) is 0 Å². The number of hydrogen-bond donors (Lipinski definition) is 0. The summed E-state index contributed by atoms with van der Waals surface area (Å²) in [4.78, 5) is 11.9. The van der Waals surface area contributed by atoms with Crippen molar-refractivity contribution in [1.29, 1.82) is 0 Å². The van der Waals surface area contributed by atoms with Crippen LogP contribution in [0.2, 0.25) is 0 Å². The Labute approximate surface area is 158 Å². The molecule has 2 rings (SSSR count). The highest BCUT2D eigenvalue weighted by Gasteiger charge is 2.22. The lowest BCUT2D eigenvalue weighted by atomic mass is 10.0. The van der Waals surface area contributed by atoms with Crippen molar-refractivity contribution >= 4 is 5.97 Å². The normalized spacial score (nSPS) is 9.65. The van der Waals surface area contributed by atoms with Crippen LogP contribution in [0.3, 0.4) is 0 Å². The number of halogens is 2. The predicted octanol–water partition coefficient (Wildman–Crippen LogP) is -4.46. The molecule has 0 amide bonds. The fraction of sp³-hybridized carbons (Fsp3) is 0.353. The van der Waals surface area contributed by atoms with Crippen molar-refractivity contribution in [2.24, 2.45) is 5.92 Å². The summed E-state index contributed by atoms with van der Waals surface area (Å²) in [6.45, 7) is 1.64. The summed E-state index contributed by atoms with van der Waals surface area (Å²) in [6.07, 6.45) is 9.63. The molecule has 0 bridgehead atoms. The van der Waals surface area contributed by atoms with Gasteiger partial charge in [-0.1, -0.05) is 12.1 Å². The standard InChI is InChI=1S/C17H22N2O2.2BrH/c1-21-17(20)16(8-14-18-10-4-2-5-11-18)9-15-19-12-6-3-7-13-19;;/h2-7,10-13,16H,8-9,14-15H2,1H3;2*1H/q+2;;/p-2. The molecule has 0 saturated heterocycles. The summed E-state index contributed by atoms with van der Waals surface area (Å²) in [6, 6.07) is 11.9. The molecule has 2 aromatic heterocycles. The number of carbonyl (C=O) groups excluding carboxylic acids is 1. The molecule has 2 heterocycles. The van der Waals surface area contributed by atoms with E-state index in [9.17, 15) is 4.79 Å². The van der Waals surface area contributed by atoms with E-state index in [0.29, 0.717) is 0 Å². The van der Waals surface area contributed by atoms with Crippen molar-refractivity contribution in [1.82, 2.24) is 0 Å². The second kappa shape index (κ2) is 12.2. The maximum Gasteiger partial charge on any atom is 0.309 e. The van der Waals surface area contributed by atoms with Gasteiger partial charge >= 0.3 is 5.97 Å². The fourth-order valence-electron chi connectivity index (χ4n) is 2.32. The Hall–Kier alpha value is -1.27. The first-order chi connectivity index (χ1) is 10.3. The van der Waals surface area contributed by atoms with Gasteiger partial charge in [0.05, 0.1) is 13.0 Å². The van der Waals surface area contributed by atoms with Crippen LogP contribution < -0.4 is 43.1 Å². The van der Waals surface area contributed by atoms with Gasteiger partial charge in [-0.05, 0) is 0 Å². The van der Waals surface area contributed by atoms with Gasteiger partial charge in [0.15, 0.2) is 24.8 Å². The van der Waals surface area contributed by atoms with E-state index in [1.807, 2.05) is 61.2 Å². The molecule has 4 nitrogen and oxygen atoms in total. The first-order valence-corrected chi connectivity index (χ1v) is 7.25. The number of methoxy groups -OCH3 is 1. The van der Waals surface area contributed by atoms with Crippen molar-refractivity contribution < 1.29 is 52.6 Å².